The van der Waals surface area contributed by atoms with Crippen molar-refractivity contribution in [3.8, 4) is 29.6 Å². The number of carbonyl (C=O) groups excluding carboxylic acids is 1. The third-order valence-electron chi connectivity index (χ3n) is 3.04. The zero-order chi connectivity index (χ0) is 17.1. The molecule has 23 heavy (non-hydrogen) atoms. The fraction of sp³-hybridized carbons (Fsp3) is 0.412. The lowest BCUT2D eigenvalue weighted by Gasteiger charge is -2.11. The highest BCUT2D eigenvalue weighted by molar-refractivity contribution is 5.88. The molecular weight excluding hydrogens is 298 g/mol. The molecule has 0 N–H and O–H groups in total. The van der Waals surface area contributed by atoms with Crippen molar-refractivity contribution in [2.24, 2.45) is 5.16 Å². The van der Waals surface area contributed by atoms with E-state index < -0.39 is 5.97 Å². The van der Waals surface area contributed by atoms with Crippen LogP contribution in [0.5, 0.6) is 17.2 Å². The second-order valence-electron chi connectivity index (χ2n) is 4.55. The Morgan fingerprint density at radius 2 is 1.83 bits per heavy atom. The van der Waals surface area contributed by atoms with Gasteiger partial charge in [-0.1, -0.05) is 5.16 Å². The minimum Gasteiger partial charge on any atom is -0.496 e. The number of benzene rings is 1. The molecule has 0 fully saturated rings. The number of terminal acetylenes is 1. The van der Waals surface area contributed by atoms with Gasteiger partial charge in [-0.15, -0.1) is 12.3 Å². The molecule has 0 spiro atoms. The topological polar surface area (TPSA) is 66.4 Å². The number of rotatable bonds is 9. The van der Waals surface area contributed by atoms with Gasteiger partial charge in [-0.3, -0.25) is 0 Å². The van der Waals surface area contributed by atoms with E-state index in [2.05, 4.69) is 11.1 Å². The highest BCUT2D eigenvalue weighted by atomic mass is 16.7. The smallest absolute Gasteiger partial charge is 0.335 e. The van der Waals surface area contributed by atoms with Crippen molar-refractivity contribution in [3.63, 3.8) is 0 Å². The van der Waals surface area contributed by atoms with Crippen LogP contribution in [-0.2, 0) is 9.63 Å². The molecule has 1 aromatic carbocycles. The predicted molar refractivity (Wildman–Crippen MR) is 87.1 cm³/mol. The fourth-order valence-electron chi connectivity index (χ4n) is 1.84. The van der Waals surface area contributed by atoms with Gasteiger partial charge in [-0.2, -0.15) is 0 Å². The minimum atomic E-state index is -0.412. The Labute approximate surface area is 136 Å². The minimum absolute atomic E-state index is 0.274. The van der Waals surface area contributed by atoms with Crippen LogP contribution in [0.25, 0.3) is 0 Å². The quantitative estimate of drug-likeness (QED) is 0.230. The maximum atomic E-state index is 11.5. The van der Waals surface area contributed by atoms with Gasteiger partial charge in [0, 0.05) is 25.0 Å². The summed E-state index contributed by atoms with van der Waals surface area (Å²) >= 11 is 0. The highest BCUT2D eigenvalue weighted by Gasteiger charge is 2.12. The normalized spacial score (nSPS) is 10.2. The molecule has 0 aliphatic rings. The number of ether oxygens (including phenoxy) is 3. The van der Waals surface area contributed by atoms with Gasteiger partial charge < -0.3 is 19.0 Å². The van der Waals surface area contributed by atoms with Gasteiger partial charge in [0.2, 0.25) is 0 Å². The van der Waals surface area contributed by atoms with Crippen molar-refractivity contribution in [2.75, 3.05) is 21.3 Å². The highest BCUT2D eigenvalue weighted by Crippen LogP contribution is 2.32. The third kappa shape index (κ3) is 5.91. The van der Waals surface area contributed by atoms with Crippen LogP contribution in [0.4, 0.5) is 0 Å². The van der Waals surface area contributed by atoms with E-state index in [0.29, 0.717) is 35.7 Å². The van der Waals surface area contributed by atoms with Crippen LogP contribution in [0.2, 0.25) is 0 Å². The van der Waals surface area contributed by atoms with Gasteiger partial charge >= 0.3 is 5.97 Å². The predicted octanol–water partition coefficient (Wildman–Crippen LogP) is 2.78. The van der Waals surface area contributed by atoms with Gasteiger partial charge in [-0.25, -0.2) is 4.79 Å². The number of carbonyl (C=O) groups is 1. The van der Waals surface area contributed by atoms with Crippen molar-refractivity contribution >= 4 is 12.2 Å². The molecule has 0 bridgehead atoms. The number of oxime groups is 1. The van der Waals surface area contributed by atoms with Gasteiger partial charge in [-0.05, 0) is 12.8 Å². The average molecular weight is 319 g/mol. The second kappa shape index (κ2) is 10.1. The third-order valence-corrected chi connectivity index (χ3v) is 3.04. The zero-order valence-electron chi connectivity index (χ0n) is 13.6. The van der Waals surface area contributed by atoms with Crippen molar-refractivity contribution in [1.29, 1.82) is 0 Å². The first-order valence-electron chi connectivity index (χ1n) is 7.13. The molecule has 124 valence electrons. The van der Waals surface area contributed by atoms with Crippen molar-refractivity contribution in [2.45, 2.75) is 25.7 Å². The van der Waals surface area contributed by atoms with E-state index in [0.717, 1.165) is 6.42 Å². The summed E-state index contributed by atoms with van der Waals surface area (Å²) in [5.41, 5.74) is 0.552. The molecule has 0 unspecified atom stereocenters. The fourth-order valence-corrected chi connectivity index (χ4v) is 1.84. The molecule has 0 radical (unpaired) electrons. The first-order valence-corrected chi connectivity index (χ1v) is 7.13. The van der Waals surface area contributed by atoms with Crippen LogP contribution in [0.15, 0.2) is 17.3 Å². The Bertz CT molecular complexity index is 564. The molecule has 0 aliphatic heterocycles. The van der Waals surface area contributed by atoms with Crippen molar-refractivity contribution < 1.29 is 23.8 Å². The Morgan fingerprint density at radius 1 is 1.17 bits per heavy atom. The lowest BCUT2D eigenvalue weighted by atomic mass is 10.2. The number of hydrogen-bond donors (Lipinski definition) is 0. The lowest BCUT2D eigenvalue weighted by molar-refractivity contribution is -0.143. The Hall–Kier alpha value is -2.68. The van der Waals surface area contributed by atoms with E-state index in [-0.39, 0.29) is 6.42 Å². The molecule has 0 saturated heterocycles. The second-order valence-corrected chi connectivity index (χ2v) is 4.55. The monoisotopic (exact) mass is 319 g/mol. The molecule has 0 atom stereocenters. The molecule has 0 heterocycles. The molecular formula is C17H21NO5. The van der Waals surface area contributed by atoms with Gasteiger partial charge in [0.15, 0.2) is 0 Å². The van der Waals surface area contributed by atoms with E-state index in [1.165, 1.54) is 20.4 Å². The van der Waals surface area contributed by atoms with Crippen molar-refractivity contribution in [3.05, 3.63) is 17.7 Å². The summed E-state index contributed by atoms with van der Waals surface area (Å²) in [4.78, 5) is 16.4. The largest absolute Gasteiger partial charge is 0.496 e. The van der Waals surface area contributed by atoms with Crippen molar-refractivity contribution in [1.82, 2.24) is 0 Å². The SMILES string of the molecule is C#CCCCCC(=O)O/N=C/c1c(OC)cc(OC)cc1OC. The van der Waals surface area contributed by atoms with E-state index in [1.54, 1.807) is 19.2 Å². The van der Waals surface area contributed by atoms with Crippen LogP contribution >= 0.6 is 0 Å². The van der Waals surface area contributed by atoms with Gasteiger partial charge in [0.1, 0.15) is 17.2 Å². The number of nitrogens with zero attached hydrogens (tertiary/aromatic N) is 1. The molecule has 1 rings (SSSR count). The van der Waals surface area contributed by atoms with Crippen LogP contribution in [0, 0.1) is 12.3 Å². The first-order chi connectivity index (χ1) is 11.2. The summed E-state index contributed by atoms with van der Waals surface area (Å²) in [7, 11) is 4.58. The number of hydrogen-bond acceptors (Lipinski definition) is 6. The summed E-state index contributed by atoms with van der Waals surface area (Å²) in [6.07, 6.45) is 8.90. The molecule has 0 saturated carbocycles. The van der Waals surface area contributed by atoms with E-state index >= 15 is 0 Å². The van der Waals surface area contributed by atoms with E-state index in [4.69, 9.17) is 25.5 Å². The van der Waals surface area contributed by atoms with Crippen LogP contribution in [0.3, 0.4) is 0 Å². The van der Waals surface area contributed by atoms with Crippen LogP contribution in [0.1, 0.15) is 31.2 Å². The Balaban J connectivity index is 2.72. The molecule has 0 amide bonds. The molecule has 0 aliphatic carbocycles. The Kier molecular flexibility index (Phi) is 8.08. The molecule has 0 aromatic heterocycles. The standard InChI is InChI=1S/C17H21NO5/c1-5-6-7-8-9-17(19)23-18-12-14-15(21-3)10-13(20-2)11-16(14)22-4/h1,10-12H,6-9H2,2-4H3/b18-12+. The maximum absolute atomic E-state index is 11.5. The molecule has 6 heteroatoms. The number of methoxy groups -OCH3 is 3. The average Bonchev–Trinajstić information content (AvgIpc) is 2.58. The Morgan fingerprint density at radius 3 is 2.35 bits per heavy atom. The number of unbranched alkanes of at least 4 members (excludes halogenated alkanes) is 2. The summed E-state index contributed by atoms with van der Waals surface area (Å²) in [6.45, 7) is 0. The van der Waals surface area contributed by atoms with Crippen LogP contribution < -0.4 is 14.2 Å². The first kappa shape index (κ1) is 18.4. The van der Waals surface area contributed by atoms with E-state index in [1.807, 2.05) is 0 Å². The van der Waals surface area contributed by atoms with E-state index in [9.17, 15) is 4.79 Å². The summed E-state index contributed by atoms with van der Waals surface area (Å²) < 4.78 is 15.7. The summed E-state index contributed by atoms with van der Waals surface area (Å²) in [5, 5.41) is 3.70. The zero-order valence-corrected chi connectivity index (χ0v) is 13.6. The lowest BCUT2D eigenvalue weighted by Crippen LogP contribution is -2.01. The maximum Gasteiger partial charge on any atom is 0.335 e. The van der Waals surface area contributed by atoms with Gasteiger partial charge in [0.25, 0.3) is 0 Å². The molecule has 6 nitrogen and oxygen atoms in total. The van der Waals surface area contributed by atoms with Gasteiger partial charge in [0.05, 0.1) is 33.1 Å². The molecule has 1 aromatic rings. The summed E-state index contributed by atoms with van der Waals surface area (Å²) in [6, 6.07) is 3.37. The van der Waals surface area contributed by atoms with Crippen LogP contribution in [-0.4, -0.2) is 33.5 Å². The summed E-state index contributed by atoms with van der Waals surface area (Å²) in [5.74, 6) is 3.68.